The van der Waals surface area contributed by atoms with Gasteiger partial charge in [0.15, 0.2) is 11.5 Å². The minimum absolute atomic E-state index is 0.369. The van der Waals surface area contributed by atoms with Crippen LogP contribution in [0.2, 0.25) is 0 Å². The third-order valence-electron chi connectivity index (χ3n) is 3.34. The van der Waals surface area contributed by atoms with Crippen molar-refractivity contribution in [2.24, 2.45) is 0 Å². The van der Waals surface area contributed by atoms with Crippen LogP contribution in [0.25, 0.3) is 0 Å². The summed E-state index contributed by atoms with van der Waals surface area (Å²) in [5.41, 5.74) is 2.25. The van der Waals surface area contributed by atoms with Crippen LogP contribution in [0.15, 0.2) is 34.8 Å². The third-order valence-corrected chi connectivity index (χ3v) is 4.23. The SMILES string of the molecule is COc1cc(NC(=O)Nc2ccc(Br)c(C)c2)cc(OC)c1OC. The molecule has 2 aromatic carbocycles. The Morgan fingerprint density at radius 1 is 0.917 bits per heavy atom. The Kier molecular flexibility index (Phi) is 5.92. The topological polar surface area (TPSA) is 68.8 Å². The van der Waals surface area contributed by atoms with Crippen molar-refractivity contribution in [3.05, 3.63) is 40.4 Å². The summed E-state index contributed by atoms with van der Waals surface area (Å²) in [6.07, 6.45) is 0. The molecule has 2 N–H and O–H groups in total. The molecule has 0 heterocycles. The second-order valence-electron chi connectivity index (χ2n) is 4.96. The lowest BCUT2D eigenvalue weighted by atomic mass is 10.2. The molecule has 0 spiro atoms. The fourth-order valence-electron chi connectivity index (χ4n) is 2.17. The smallest absolute Gasteiger partial charge is 0.323 e. The zero-order valence-corrected chi connectivity index (χ0v) is 15.5. The first kappa shape index (κ1) is 17.9. The van der Waals surface area contributed by atoms with E-state index in [4.69, 9.17) is 14.2 Å². The number of ether oxygens (including phenoxy) is 3. The van der Waals surface area contributed by atoms with Crippen molar-refractivity contribution in [3.63, 3.8) is 0 Å². The number of benzene rings is 2. The number of nitrogens with one attached hydrogen (secondary N) is 2. The van der Waals surface area contributed by atoms with Crippen molar-refractivity contribution < 1.29 is 19.0 Å². The van der Waals surface area contributed by atoms with Gasteiger partial charge in [-0.25, -0.2) is 4.79 Å². The van der Waals surface area contributed by atoms with Crippen LogP contribution in [-0.2, 0) is 0 Å². The number of hydrogen-bond acceptors (Lipinski definition) is 4. The van der Waals surface area contributed by atoms with Gasteiger partial charge < -0.3 is 24.8 Å². The van der Waals surface area contributed by atoms with Gasteiger partial charge in [0, 0.05) is 22.3 Å². The van der Waals surface area contributed by atoms with E-state index in [1.54, 1.807) is 12.1 Å². The highest BCUT2D eigenvalue weighted by Crippen LogP contribution is 2.39. The molecule has 128 valence electrons. The van der Waals surface area contributed by atoms with Gasteiger partial charge in [-0.15, -0.1) is 0 Å². The molecule has 0 radical (unpaired) electrons. The van der Waals surface area contributed by atoms with Crippen LogP contribution < -0.4 is 24.8 Å². The first-order valence-electron chi connectivity index (χ1n) is 7.12. The molecule has 6 nitrogen and oxygen atoms in total. The van der Waals surface area contributed by atoms with Crippen LogP contribution in [0.4, 0.5) is 16.2 Å². The summed E-state index contributed by atoms with van der Waals surface area (Å²) in [5, 5.41) is 5.53. The first-order valence-corrected chi connectivity index (χ1v) is 7.92. The third kappa shape index (κ3) is 4.11. The molecule has 24 heavy (non-hydrogen) atoms. The number of anilines is 2. The second-order valence-corrected chi connectivity index (χ2v) is 5.81. The Bertz CT molecular complexity index is 724. The second kappa shape index (κ2) is 7.92. The molecule has 0 aromatic heterocycles. The highest BCUT2D eigenvalue weighted by atomic mass is 79.9. The van der Waals surface area contributed by atoms with E-state index in [0.717, 1.165) is 10.0 Å². The average Bonchev–Trinajstić information content (AvgIpc) is 2.57. The van der Waals surface area contributed by atoms with Gasteiger partial charge in [-0.3, -0.25) is 0 Å². The maximum Gasteiger partial charge on any atom is 0.323 e. The summed E-state index contributed by atoms with van der Waals surface area (Å²) in [6.45, 7) is 1.95. The monoisotopic (exact) mass is 394 g/mol. The Morgan fingerprint density at radius 2 is 1.50 bits per heavy atom. The van der Waals surface area contributed by atoms with Gasteiger partial charge in [-0.1, -0.05) is 15.9 Å². The molecule has 2 aromatic rings. The van der Waals surface area contributed by atoms with Crippen molar-refractivity contribution in [2.45, 2.75) is 6.92 Å². The maximum absolute atomic E-state index is 12.2. The number of halogens is 1. The van der Waals surface area contributed by atoms with E-state index >= 15 is 0 Å². The summed E-state index contributed by atoms with van der Waals surface area (Å²) in [5.74, 6) is 1.40. The summed E-state index contributed by atoms with van der Waals surface area (Å²) in [4.78, 5) is 12.2. The molecule has 0 saturated carbocycles. The van der Waals surface area contributed by atoms with E-state index in [-0.39, 0.29) is 6.03 Å². The van der Waals surface area contributed by atoms with Crippen LogP contribution in [-0.4, -0.2) is 27.4 Å². The Hall–Kier alpha value is -2.41. The normalized spacial score (nSPS) is 10.0. The number of carbonyl (C=O) groups is 1. The van der Waals surface area contributed by atoms with Crippen molar-refractivity contribution >= 4 is 33.3 Å². The Morgan fingerprint density at radius 3 is 2.00 bits per heavy atom. The van der Waals surface area contributed by atoms with Crippen molar-refractivity contribution in [2.75, 3.05) is 32.0 Å². The molecule has 0 aliphatic rings. The van der Waals surface area contributed by atoms with Gasteiger partial charge in [0.2, 0.25) is 5.75 Å². The van der Waals surface area contributed by atoms with E-state index < -0.39 is 0 Å². The summed E-state index contributed by atoms with van der Waals surface area (Å²) in [7, 11) is 4.56. The highest BCUT2D eigenvalue weighted by Gasteiger charge is 2.14. The number of methoxy groups -OCH3 is 3. The first-order chi connectivity index (χ1) is 11.5. The Balaban J connectivity index is 2.17. The fraction of sp³-hybridized carbons (Fsp3) is 0.235. The summed E-state index contributed by atoms with van der Waals surface area (Å²) in [6, 6.07) is 8.52. The number of amides is 2. The van der Waals surface area contributed by atoms with Crippen LogP contribution in [0.1, 0.15) is 5.56 Å². The van der Waals surface area contributed by atoms with E-state index in [2.05, 4.69) is 26.6 Å². The van der Waals surface area contributed by atoms with Crippen molar-refractivity contribution in [3.8, 4) is 17.2 Å². The minimum Gasteiger partial charge on any atom is -0.493 e. The molecule has 0 bridgehead atoms. The molecule has 0 aliphatic carbocycles. The van der Waals surface area contributed by atoms with Crippen molar-refractivity contribution in [1.82, 2.24) is 0 Å². The molecular formula is C17H19BrN2O4. The molecule has 0 aliphatic heterocycles. The number of urea groups is 1. The molecule has 2 amide bonds. The van der Waals surface area contributed by atoms with E-state index in [1.165, 1.54) is 21.3 Å². The van der Waals surface area contributed by atoms with Gasteiger partial charge in [0.25, 0.3) is 0 Å². The molecule has 0 unspecified atom stereocenters. The minimum atomic E-state index is -0.369. The average molecular weight is 395 g/mol. The van der Waals surface area contributed by atoms with Crippen LogP contribution in [0.5, 0.6) is 17.2 Å². The van der Waals surface area contributed by atoms with Crippen molar-refractivity contribution in [1.29, 1.82) is 0 Å². The number of carbonyl (C=O) groups excluding carboxylic acids is 1. The van der Waals surface area contributed by atoms with Gasteiger partial charge in [0.1, 0.15) is 0 Å². The van der Waals surface area contributed by atoms with Crippen LogP contribution >= 0.6 is 15.9 Å². The maximum atomic E-state index is 12.2. The van der Waals surface area contributed by atoms with Gasteiger partial charge in [-0.2, -0.15) is 0 Å². The van der Waals surface area contributed by atoms with E-state index in [9.17, 15) is 4.79 Å². The molecule has 0 atom stereocenters. The standard InChI is InChI=1S/C17H19BrN2O4/c1-10-7-11(5-6-13(10)18)19-17(21)20-12-8-14(22-2)16(24-4)15(9-12)23-3/h5-9H,1-4H3,(H2,19,20,21). The zero-order valence-electron chi connectivity index (χ0n) is 13.9. The fourth-order valence-corrected chi connectivity index (χ4v) is 2.42. The van der Waals surface area contributed by atoms with Gasteiger partial charge >= 0.3 is 6.03 Å². The molecule has 0 fully saturated rings. The quantitative estimate of drug-likeness (QED) is 0.786. The Labute approximate surface area is 149 Å². The summed E-state index contributed by atoms with van der Waals surface area (Å²) >= 11 is 3.43. The lowest BCUT2D eigenvalue weighted by molar-refractivity contribution is 0.262. The lowest BCUT2D eigenvalue weighted by Gasteiger charge is -2.15. The molecule has 7 heteroatoms. The van der Waals surface area contributed by atoms with Crippen LogP contribution in [0.3, 0.4) is 0 Å². The lowest BCUT2D eigenvalue weighted by Crippen LogP contribution is -2.19. The van der Waals surface area contributed by atoms with Gasteiger partial charge in [0.05, 0.1) is 27.0 Å². The largest absolute Gasteiger partial charge is 0.493 e. The molecular weight excluding hydrogens is 376 g/mol. The predicted molar refractivity (Wildman–Crippen MR) is 97.6 cm³/mol. The molecule has 2 rings (SSSR count). The highest BCUT2D eigenvalue weighted by molar-refractivity contribution is 9.10. The van der Waals surface area contributed by atoms with Crippen LogP contribution in [0, 0.1) is 6.92 Å². The zero-order chi connectivity index (χ0) is 17.7. The number of aryl methyl sites for hydroxylation is 1. The number of rotatable bonds is 5. The van der Waals surface area contributed by atoms with E-state index in [0.29, 0.717) is 28.6 Å². The summed E-state index contributed by atoms with van der Waals surface area (Å²) < 4.78 is 16.8. The molecule has 0 saturated heterocycles. The number of hydrogen-bond donors (Lipinski definition) is 2. The predicted octanol–water partition coefficient (Wildman–Crippen LogP) is 4.43. The van der Waals surface area contributed by atoms with Gasteiger partial charge in [-0.05, 0) is 30.7 Å². The van der Waals surface area contributed by atoms with E-state index in [1.807, 2.05) is 25.1 Å².